The Morgan fingerprint density at radius 2 is 2.25 bits per heavy atom. The van der Waals surface area contributed by atoms with E-state index in [2.05, 4.69) is 4.74 Å². The summed E-state index contributed by atoms with van der Waals surface area (Å²) in [7, 11) is 1.15. The Bertz CT molecular complexity index is 459. The number of methoxy groups -OCH3 is 1. The van der Waals surface area contributed by atoms with Crippen molar-refractivity contribution in [2.45, 2.75) is 12.8 Å². The van der Waals surface area contributed by atoms with E-state index >= 15 is 0 Å². The number of ether oxygens (including phenoxy) is 1. The van der Waals surface area contributed by atoms with Crippen LogP contribution in [-0.4, -0.2) is 18.1 Å². The molecular weight excluding hydrogens is 244 g/mol. The van der Waals surface area contributed by atoms with Crippen molar-refractivity contribution in [3.63, 3.8) is 0 Å². The van der Waals surface area contributed by atoms with Crippen molar-refractivity contribution in [1.29, 1.82) is 0 Å². The number of aromatic nitrogens is 1. The predicted octanol–water partition coefficient (Wildman–Crippen LogP) is 1.68. The van der Waals surface area contributed by atoms with Crippen LogP contribution in [0.1, 0.15) is 17.7 Å². The molecule has 0 aromatic carbocycles. The van der Waals surface area contributed by atoms with Gasteiger partial charge in [0, 0.05) is 5.56 Å². The molecule has 0 aliphatic heterocycles. The van der Waals surface area contributed by atoms with E-state index in [1.54, 1.807) is 0 Å². The Labute approximate surface area is 94.2 Å². The highest BCUT2D eigenvalue weighted by Gasteiger charge is 2.16. The number of hydrogen-bond acceptors (Lipinski definition) is 3. The number of aromatic amines is 1. The monoisotopic (exact) mass is 251 g/mol. The molecule has 1 N–H and O–H groups in total. The Kier molecular flexibility index (Phi) is 4.00. The lowest BCUT2D eigenvalue weighted by Gasteiger charge is -2.05. The van der Waals surface area contributed by atoms with Crippen LogP contribution in [0.15, 0.2) is 10.9 Å². The van der Waals surface area contributed by atoms with Gasteiger partial charge in [-0.2, -0.15) is 0 Å². The fraction of sp³-hybridized carbons (Fsp3) is 0.333. The third-order valence-corrected chi connectivity index (χ3v) is 2.22. The molecule has 0 atom stereocenters. The molecule has 0 bridgehead atoms. The quantitative estimate of drug-likeness (QED) is 0.832. The zero-order valence-corrected chi connectivity index (χ0v) is 8.98. The van der Waals surface area contributed by atoms with E-state index in [1.165, 1.54) is 0 Å². The summed E-state index contributed by atoms with van der Waals surface area (Å²) in [6.45, 7) is 0. The molecule has 0 radical (unpaired) electrons. The minimum absolute atomic E-state index is 0.0853. The molecule has 0 aliphatic carbocycles. The number of alkyl halides is 2. The normalized spacial score (nSPS) is 10.6. The highest BCUT2D eigenvalue weighted by atomic mass is 35.5. The first-order chi connectivity index (χ1) is 7.45. The Balaban J connectivity index is 3.13. The number of rotatable bonds is 3. The van der Waals surface area contributed by atoms with Gasteiger partial charge >= 0.3 is 5.97 Å². The van der Waals surface area contributed by atoms with E-state index in [0.717, 1.165) is 13.2 Å². The van der Waals surface area contributed by atoms with E-state index in [1.807, 2.05) is 4.98 Å². The van der Waals surface area contributed by atoms with Gasteiger partial charge in [0.15, 0.2) is 0 Å². The van der Waals surface area contributed by atoms with Gasteiger partial charge in [0.25, 0.3) is 12.0 Å². The second kappa shape index (κ2) is 5.07. The number of H-pyrrole nitrogens is 1. The second-order valence-electron chi connectivity index (χ2n) is 2.93. The van der Waals surface area contributed by atoms with Gasteiger partial charge in [-0.15, -0.1) is 0 Å². The molecule has 0 spiro atoms. The summed E-state index contributed by atoms with van der Waals surface area (Å²) in [4.78, 5) is 24.2. The summed E-state index contributed by atoms with van der Waals surface area (Å²) < 4.78 is 28.9. The SMILES string of the molecule is COC(=O)Cc1c(Cl)cc(C(F)F)[nH]c1=O. The Morgan fingerprint density at radius 3 is 2.69 bits per heavy atom. The van der Waals surface area contributed by atoms with Gasteiger partial charge in [-0.1, -0.05) is 11.6 Å². The summed E-state index contributed by atoms with van der Waals surface area (Å²) in [5, 5.41) is -0.176. The van der Waals surface area contributed by atoms with Gasteiger partial charge in [0.1, 0.15) is 0 Å². The number of esters is 1. The lowest BCUT2D eigenvalue weighted by molar-refractivity contribution is -0.139. The van der Waals surface area contributed by atoms with Crippen LogP contribution in [0.25, 0.3) is 0 Å². The van der Waals surface area contributed by atoms with Crippen molar-refractivity contribution in [1.82, 2.24) is 4.98 Å². The molecule has 4 nitrogen and oxygen atoms in total. The van der Waals surface area contributed by atoms with Crippen molar-refractivity contribution in [3.05, 3.63) is 32.7 Å². The lowest BCUT2D eigenvalue weighted by atomic mass is 10.2. The molecule has 1 aromatic rings. The maximum absolute atomic E-state index is 12.3. The fourth-order valence-electron chi connectivity index (χ4n) is 1.07. The van der Waals surface area contributed by atoms with Crippen molar-refractivity contribution in [3.8, 4) is 0 Å². The van der Waals surface area contributed by atoms with Crippen LogP contribution in [0.4, 0.5) is 8.78 Å². The zero-order valence-electron chi connectivity index (χ0n) is 8.22. The second-order valence-corrected chi connectivity index (χ2v) is 3.34. The van der Waals surface area contributed by atoms with Crippen LogP contribution in [0.3, 0.4) is 0 Å². The maximum atomic E-state index is 12.3. The largest absolute Gasteiger partial charge is 0.469 e. The third kappa shape index (κ3) is 2.79. The zero-order chi connectivity index (χ0) is 12.3. The molecule has 7 heteroatoms. The Hall–Kier alpha value is -1.43. The summed E-state index contributed by atoms with van der Waals surface area (Å²) >= 11 is 5.62. The molecular formula is C9H8ClF2NO3. The van der Waals surface area contributed by atoms with Gasteiger partial charge in [-0.25, -0.2) is 8.78 Å². The average Bonchev–Trinajstić information content (AvgIpc) is 2.22. The number of carbonyl (C=O) groups excluding carboxylic acids is 1. The van der Waals surface area contributed by atoms with E-state index in [-0.39, 0.29) is 17.0 Å². The number of hydrogen-bond donors (Lipinski definition) is 1. The summed E-state index contributed by atoms with van der Waals surface area (Å²) in [6, 6.07) is 0.923. The minimum atomic E-state index is -2.82. The molecule has 0 unspecified atom stereocenters. The molecule has 0 fully saturated rings. The van der Waals surface area contributed by atoms with Crippen LogP contribution in [0.5, 0.6) is 0 Å². The van der Waals surface area contributed by atoms with Crippen LogP contribution in [-0.2, 0) is 16.0 Å². The van der Waals surface area contributed by atoms with Gasteiger partial charge in [-0.05, 0) is 6.07 Å². The van der Waals surface area contributed by atoms with Crippen LogP contribution in [0.2, 0.25) is 5.02 Å². The van der Waals surface area contributed by atoms with Gasteiger partial charge in [0.2, 0.25) is 0 Å². The first kappa shape index (κ1) is 12.6. The van der Waals surface area contributed by atoms with E-state index in [9.17, 15) is 18.4 Å². The average molecular weight is 252 g/mol. The maximum Gasteiger partial charge on any atom is 0.310 e. The van der Waals surface area contributed by atoms with Crippen LogP contribution >= 0.6 is 11.6 Å². The van der Waals surface area contributed by atoms with E-state index in [0.29, 0.717) is 0 Å². The van der Waals surface area contributed by atoms with Crippen molar-refractivity contribution in [2.24, 2.45) is 0 Å². The van der Waals surface area contributed by atoms with Gasteiger partial charge in [0.05, 0.1) is 24.2 Å². The third-order valence-electron chi connectivity index (χ3n) is 1.89. The van der Waals surface area contributed by atoms with Crippen molar-refractivity contribution in [2.75, 3.05) is 7.11 Å². The summed E-state index contributed by atoms with van der Waals surface area (Å²) in [5.74, 6) is -0.669. The molecule has 0 saturated carbocycles. The highest BCUT2D eigenvalue weighted by Crippen LogP contribution is 2.20. The van der Waals surface area contributed by atoms with Crippen LogP contribution < -0.4 is 5.56 Å². The number of nitrogens with one attached hydrogen (secondary N) is 1. The minimum Gasteiger partial charge on any atom is -0.469 e. The summed E-state index contributed by atoms with van der Waals surface area (Å²) in [5.41, 5.74) is -1.48. The van der Waals surface area contributed by atoms with Crippen molar-refractivity contribution >= 4 is 17.6 Å². The van der Waals surface area contributed by atoms with Crippen LogP contribution in [0, 0.1) is 0 Å². The number of pyridine rings is 1. The predicted molar refractivity (Wildman–Crippen MR) is 52.7 cm³/mol. The first-order valence-corrected chi connectivity index (χ1v) is 4.60. The Morgan fingerprint density at radius 1 is 1.62 bits per heavy atom. The highest BCUT2D eigenvalue weighted by molar-refractivity contribution is 6.31. The lowest BCUT2D eigenvalue weighted by Crippen LogP contribution is -2.19. The standard InChI is InChI=1S/C9H8ClF2NO3/c1-16-7(14)2-4-5(10)3-6(8(11)12)13-9(4)15/h3,8H,2H2,1H3,(H,13,15). The molecule has 0 amide bonds. The van der Waals surface area contributed by atoms with Gasteiger partial charge < -0.3 is 9.72 Å². The molecule has 1 aromatic heterocycles. The number of halogens is 3. The van der Waals surface area contributed by atoms with Gasteiger partial charge in [-0.3, -0.25) is 9.59 Å². The van der Waals surface area contributed by atoms with Crippen molar-refractivity contribution < 1.29 is 18.3 Å². The topological polar surface area (TPSA) is 59.2 Å². The molecule has 1 heterocycles. The molecule has 0 saturated heterocycles. The smallest absolute Gasteiger partial charge is 0.310 e. The molecule has 88 valence electrons. The fourth-order valence-corrected chi connectivity index (χ4v) is 1.34. The van der Waals surface area contributed by atoms with E-state index in [4.69, 9.17) is 11.6 Å². The molecule has 1 rings (SSSR count). The molecule has 16 heavy (non-hydrogen) atoms. The molecule has 0 aliphatic rings. The number of carbonyl (C=O) groups is 1. The summed E-state index contributed by atoms with van der Waals surface area (Å²) in [6.07, 6.45) is -3.17. The first-order valence-electron chi connectivity index (χ1n) is 4.22. The van der Waals surface area contributed by atoms with E-state index < -0.39 is 23.6 Å².